The Bertz CT molecular complexity index is 2190. The van der Waals surface area contributed by atoms with Gasteiger partial charge in [-0.25, -0.2) is 0 Å². The molecule has 8 rings (SSSR count). The average Bonchev–Trinajstić information content (AvgIpc) is 3.96. The van der Waals surface area contributed by atoms with E-state index in [1.165, 1.54) is 52.7 Å². The molecule has 2 atom stereocenters. The van der Waals surface area contributed by atoms with Crippen molar-refractivity contribution in [2.24, 2.45) is 9.98 Å². The highest BCUT2D eigenvalue weighted by Crippen LogP contribution is 2.30. The number of nitrogens with zero attached hydrogens (tertiary/aromatic N) is 5. The molecule has 5 aromatic carbocycles. The fraction of sp³-hybridized carbons (Fsp3) is 0.311. The predicted octanol–water partition coefficient (Wildman–Crippen LogP) is 9.72. The van der Waals surface area contributed by atoms with E-state index in [1.54, 1.807) is 7.11 Å². The van der Waals surface area contributed by atoms with Gasteiger partial charge in [0.15, 0.2) is 0 Å². The van der Waals surface area contributed by atoms with Crippen molar-refractivity contribution in [3.63, 3.8) is 0 Å². The zero-order valence-corrected chi connectivity index (χ0v) is 32.8. The minimum Gasteiger partial charge on any atom is -0.496 e. The van der Waals surface area contributed by atoms with Gasteiger partial charge in [0, 0.05) is 33.7 Å². The SMILES string of the molecule is COc1ccc(Br)cc1CCc1c(Cl)cccc1C1=NCCN1C(C)C#N.c1ccc(C2=NC[C@@H]3CCCN23)c(CCc2cccc3ccccc23)c1. The summed E-state index contributed by atoms with van der Waals surface area (Å²) >= 11 is 10.1. The van der Waals surface area contributed by atoms with Crippen molar-refractivity contribution in [3.8, 4) is 11.8 Å². The molecule has 8 heteroatoms. The Morgan fingerprint density at radius 1 is 0.830 bits per heavy atom. The van der Waals surface area contributed by atoms with Crippen molar-refractivity contribution in [3.05, 3.63) is 146 Å². The van der Waals surface area contributed by atoms with Crippen LogP contribution in [0.25, 0.3) is 10.8 Å². The van der Waals surface area contributed by atoms with Gasteiger partial charge in [-0.15, -0.1) is 0 Å². The Labute approximate surface area is 326 Å². The van der Waals surface area contributed by atoms with E-state index in [-0.39, 0.29) is 6.04 Å². The highest BCUT2D eigenvalue weighted by molar-refractivity contribution is 9.10. The standard InChI is InChI=1S/C24H24N2.C21H21BrClN3O/c1-3-12-22-18(7-1)9-5-10-19(22)14-15-20-8-2-4-13-23(20)24-25-17-21-11-6-16-26(21)24;1-14(13-24)26-11-10-25-21(26)18-4-3-5-19(23)17(18)8-6-15-12-16(22)7-9-20(15)27-2/h1-5,7-10,12-13,21H,6,11,14-17H2;3-5,7,9,12,14H,6,8,10-11H2,1-2H3/t21-;/m0./s1. The second-order valence-electron chi connectivity index (χ2n) is 13.9. The highest BCUT2D eigenvalue weighted by atomic mass is 79.9. The first-order chi connectivity index (χ1) is 25.9. The monoisotopic (exact) mass is 785 g/mol. The molecule has 1 fully saturated rings. The quantitative estimate of drug-likeness (QED) is 0.142. The third-order valence-electron chi connectivity index (χ3n) is 10.7. The van der Waals surface area contributed by atoms with Gasteiger partial charge in [-0.1, -0.05) is 106 Å². The molecule has 0 radical (unpaired) electrons. The molecule has 0 amide bonds. The number of ether oxygens (including phenoxy) is 1. The molecule has 3 aliphatic rings. The maximum absolute atomic E-state index is 9.33. The molecule has 3 aliphatic heterocycles. The summed E-state index contributed by atoms with van der Waals surface area (Å²) in [5.41, 5.74) is 7.38. The van der Waals surface area contributed by atoms with E-state index in [4.69, 9.17) is 21.3 Å². The molecule has 0 bridgehead atoms. The lowest BCUT2D eigenvalue weighted by Crippen LogP contribution is -2.36. The average molecular weight is 787 g/mol. The Kier molecular flexibility index (Phi) is 11.8. The summed E-state index contributed by atoms with van der Waals surface area (Å²) in [7, 11) is 1.68. The van der Waals surface area contributed by atoms with Crippen molar-refractivity contribution < 1.29 is 4.74 Å². The van der Waals surface area contributed by atoms with E-state index in [2.05, 4.69) is 110 Å². The summed E-state index contributed by atoms with van der Waals surface area (Å²) in [4.78, 5) is 14.1. The Morgan fingerprint density at radius 2 is 1.57 bits per heavy atom. The predicted molar refractivity (Wildman–Crippen MR) is 222 cm³/mol. The van der Waals surface area contributed by atoms with Gasteiger partial charge in [-0.3, -0.25) is 9.98 Å². The molecule has 1 saturated heterocycles. The van der Waals surface area contributed by atoms with Crippen molar-refractivity contribution in [1.82, 2.24) is 9.80 Å². The maximum atomic E-state index is 9.33. The number of methoxy groups -OCH3 is 1. The number of aliphatic imine (C=N–C) groups is 2. The number of benzene rings is 5. The summed E-state index contributed by atoms with van der Waals surface area (Å²) in [5, 5.41) is 12.8. The van der Waals surface area contributed by atoms with Crippen molar-refractivity contribution in [1.29, 1.82) is 5.26 Å². The number of amidine groups is 2. The number of halogens is 2. The van der Waals surface area contributed by atoms with E-state index in [0.29, 0.717) is 12.6 Å². The van der Waals surface area contributed by atoms with Crippen LogP contribution in [0, 0.1) is 11.3 Å². The molecule has 0 aromatic heterocycles. The van der Waals surface area contributed by atoms with Crippen molar-refractivity contribution >= 4 is 50.0 Å². The van der Waals surface area contributed by atoms with Crippen LogP contribution in [0.5, 0.6) is 5.75 Å². The fourth-order valence-electron chi connectivity index (χ4n) is 7.93. The molecule has 270 valence electrons. The second kappa shape index (κ2) is 17.0. The number of hydrogen-bond acceptors (Lipinski definition) is 6. The van der Waals surface area contributed by atoms with Crippen LogP contribution in [-0.4, -0.2) is 66.8 Å². The topological polar surface area (TPSA) is 64.2 Å². The number of hydrogen-bond donors (Lipinski definition) is 0. The first-order valence-electron chi connectivity index (χ1n) is 18.6. The van der Waals surface area contributed by atoms with Gasteiger partial charge in [0.1, 0.15) is 23.5 Å². The van der Waals surface area contributed by atoms with Crippen molar-refractivity contribution in [2.75, 3.05) is 33.3 Å². The first-order valence-corrected chi connectivity index (χ1v) is 19.8. The summed E-state index contributed by atoms with van der Waals surface area (Å²) in [6.07, 6.45) is 6.28. The van der Waals surface area contributed by atoms with Gasteiger partial charge in [0.2, 0.25) is 0 Å². The number of aryl methyl sites for hydroxylation is 3. The van der Waals surface area contributed by atoms with E-state index >= 15 is 0 Å². The van der Waals surface area contributed by atoms with E-state index < -0.39 is 0 Å². The molecule has 1 unspecified atom stereocenters. The molecule has 0 spiro atoms. The summed E-state index contributed by atoms with van der Waals surface area (Å²) in [6.45, 7) is 5.51. The lowest BCUT2D eigenvalue weighted by atomic mass is 9.96. The molecular weight excluding hydrogens is 742 g/mol. The zero-order chi connectivity index (χ0) is 36.7. The van der Waals surface area contributed by atoms with Gasteiger partial charge < -0.3 is 14.5 Å². The van der Waals surface area contributed by atoms with E-state index in [9.17, 15) is 5.26 Å². The van der Waals surface area contributed by atoms with Gasteiger partial charge in [-0.2, -0.15) is 5.26 Å². The summed E-state index contributed by atoms with van der Waals surface area (Å²) < 4.78 is 6.51. The normalized spacial score (nSPS) is 16.8. The zero-order valence-electron chi connectivity index (χ0n) is 30.4. The van der Waals surface area contributed by atoms with Crippen LogP contribution in [0.15, 0.2) is 118 Å². The Morgan fingerprint density at radius 3 is 2.43 bits per heavy atom. The van der Waals surface area contributed by atoms with Crippen molar-refractivity contribution in [2.45, 2.75) is 57.5 Å². The van der Waals surface area contributed by atoms with Crippen LogP contribution in [0.4, 0.5) is 0 Å². The Hall–Kier alpha value is -4.64. The molecule has 53 heavy (non-hydrogen) atoms. The minimum absolute atomic E-state index is 0.219. The lowest BCUT2D eigenvalue weighted by molar-refractivity contribution is 0.409. The maximum Gasteiger partial charge on any atom is 0.132 e. The summed E-state index contributed by atoms with van der Waals surface area (Å²) in [5.74, 6) is 2.97. The largest absolute Gasteiger partial charge is 0.496 e. The molecule has 0 N–H and O–H groups in total. The van der Waals surface area contributed by atoms with Crippen LogP contribution in [-0.2, 0) is 25.7 Å². The van der Waals surface area contributed by atoms with Gasteiger partial charge in [0.25, 0.3) is 0 Å². The highest BCUT2D eigenvalue weighted by Gasteiger charge is 2.33. The molecule has 0 aliphatic carbocycles. The molecule has 0 saturated carbocycles. The minimum atomic E-state index is -0.219. The molecule has 5 aromatic rings. The Balaban J connectivity index is 0.000000164. The molecule has 3 heterocycles. The third-order valence-corrected chi connectivity index (χ3v) is 11.5. The third kappa shape index (κ3) is 8.15. The smallest absolute Gasteiger partial charge is 0.132 e. The summed E-state index contributed by atoms with van der Waals surface area (Å²) in [6, 6.07) is 38.9. The lowest BCUT2D eigenvalue weighted by Gasteiger charge is -2.24. The second-order valence-corrected chi connectivity index (χ2v) is 15.2. The molecular formula is C45H45BrClN5O. The van der Waals surface area contributed by atoms with Crippen LogP contribution in [0.1, 0.15) is 53.1 Å². The van der Waals surface area contributed by atoms with E-state index in [0.717, 1.165) is 76.5 Å². The first kappa shape index (κ1) is 36.7. The number of rotatable bonds is 10. The van der Waals surface area contributed by atoms with Crippen LogP contribution in [0.3, 0.4) is 0 Å². The van der Waals surface area contributed by atoms with Gasteiger partial charge in [0.05, 0.1) is 32.3 Å². The molecule has 6 nitrogen and oxygen atoms in total. The van der Waals surface area contributed by atoms with Gasteiger partial charge in [-0.05, 0) is 103 Å². The number of fused-ring (bicyclic) bond motifs is 2. The van der Waals surface area contributed by atoms with Gasteiger partial charge >= 0.3 is 0 Å². The van der Waals surface area contributed by atoms with Crippen LogP contribution >= 0.6 is 27.5 Å². The number of nitriles is 1. The fourth-order valence-corrected chi connectivity index (χ4v) is 8.61. The van der Waals surface area contributed by atoms with Crippen LogP contribution in [0.2, 0.25) is 5.02 Å². The van der Waals surface area contributed by atoms with Crippen LogP contribution < -0.4 is 4.74 Å². The van der Waals surface area contributed by atoms with E-state index in [1.807, 2.05) is 37.3 Å².